The fourth-order valence-electron chi connectivity index (χ4n) is 2.81. The summed E-state index contributed by atoms with van der Waals surface area (Å²) in [5.74, 6) is 0.455. The molecule has 0 aliphatic heterocycles. The molecule has 3 heteroatoms. The van der Waals surface area contributed by atoms with E-state index in [9.17, 15) is 4.39 Å². The first-order valence-electron chi connectivity index (χ1n) is 6.80. The molecule has 0 aromatic heterocycles. The second-order valence-corrected chi connectivity index (χ2v) is 5.36. The molecule has 1 aromatic rings. The van der Waals surface area contributed by atoms with E-state index in [1.807, 2.05) is 13.1 Å². The van der Waals surface area contributed by atoms with Gasteiger partial charge in [0.1, 0.15) is 5.82 Å². The molecule has 1 aliphatic rings. The number of anilines is 1. The van der Waals surface area contributed by atoms with Gasteiger partial charge in [-0.05, 0) is 42.5 Å². The van der Waals surface area contributed by atoms with Crippen LogP contribution in [0.3, 0.4) is 0 Å². The van der Waals surface area contributed by atoms with Crippen LogP contribution in [-0.4, -0.2) is 18.7 Å². The van der Waals surface area contributed by atoms with E-state index in [4.69, 9.17) is 5.11 Å². The van der Waals surface area contributed by atoms with E-state index >= 15 is 0 Å². The molecule has 0 radical (unpaired) electrons. The molecule has 0 heterocycles. The van der Waals surface area contributed by atoms with Gasteiger partial charge >= 0.3 is 0 Å². The second-order valence-electron chi connectivity index (χ2n) is 5.36. The minimum atomic E-state index is -0.271. The number of benzene rings is 1. The van der Waals surface area contributed by atoms with Gasteiger partial charge in [0.25, 0.3) is 0 Å². The topological polar surface area (TPSA) is 23.5 Å². The second kappa shape index (κ2) is 6.19. The summed E-state index contributed by atoms with van der Waals surface area (Å²) in [5.41, 5.74) is 1.50. The van der Waals surface area contributed by atoms with Gasteiger partial charge in [-0.15, -0.1) is 0 Å². The molecule has 0 saturated heterocycles. The molecule has 2 rings (SSSR count). The van der Waals surface area contributed by atoms with Crippen molar-refractivity contribution in [1.29, 1.82) is 0 Å². The number of nitrogens with zero attached hydrogens (tertiary/aromatic N) is 1. The molecule has 1 fully saturated rings. The first-order chi connectivity index (χ1) is 8.69. The minimum Gasteiger partial charge on any atom is -0.392 e. The molecule has 1 aliphatic carbocycles. The Morgan fingerprint density at radius 3 is 2.61 bits per heavy atom. The van der Waals surface area contributed by atoms with Crippen molar-refractivity contribution in [3.63, 3.8) is 0 Å². The third-order valence-corrected chi connectivity index (χ3v) is 3.82. The molecule has 0 spiro atoms. The van der Waals surface area contributed by atoms with Crippen LogP contribution in [0.4, 0.5) is 10.1 Å². The van der Waals surface area contributed by atoms with E-state index in [1.54, 1.807) is 6.07 Å². The van der Waals surface area contributed by atoms with E-state index in [0.717, 1.165) is 18.2 Å². The van der Waals surface area contributed by atoms with Gasteiger partial charge in [-0.2, -0.15) is 0 Å². The van der Waals surface area contributed by atoms with Crippen LogP contribution in [0.25, 0.3) is 0 Å². The highest BCUT2D eigenvalue weighted by molar-refractivity contribution is 5.48. The number of hydrogen-bond acceptors (Lipinski definition) is 2. The van der Waals surface area contributed by atoms with Gasteiger partial charge in [-0.3, -0.25) is 0 Å². The van der Waals surface area contributed by atoms with Gasteiger partial charge in [0, 0.05) is 19.3 Å². The molecule has 0 unspecified atom stereocenters. The van der Waals surface area contributed by atoms with Crippen molar-refractivity contribution >= 4 is 5.69 Å². The largest absolute Gasteiger partial charge is 0.392 e. The molecule has 2 nitrogen and oxygen atoms in total. The molecule has 0 atom stereocenters. The van der Waals surface area contributed by atoms with Gasteiger partial charge in [-0.25, -0.2) is 4.39 Å². The molecular formula is C15H22FNO. The van der Waals surface area contributed by atoms with Crippen molar-refractivity contribution in [2.45, 2.75) is 38.7 Å². The van der Waals surface area contributed by atoms with E-state index in [0.29, 0.717) is 5.56 Å². The highest BCUT2D eigenvalue weighted by Gasteiger charge is 2.16. The zero-order valence-corrected chi connectivity index (χ0v) is 11.0. The predicted molar refractivity (Wildman–Crippen MR) is 72.2 cm³/mol. The van der Waals surface area contributed by atoms with Gasteiger partial charge in [0.15, 0.2) is 0 Å². The molecule has 0 bridgehead atoms. The standard InChI is InChI=1S/C15H22FNO/c1-17(10-12-5-3-2-4-6-12)15-8-13(11-18)7-14(16)9-15/h7-9,12,18H,2-6,10-11H2,1H3. The Morgan fingerprint density at radius 2 is 1.94 bits per heavy atom. The quantitative estimate of drug-likeness (QED) is 0.887. The number of aliphatic hydroxyl groups is 1. The normalized spacial score (nSPS) is 16.8. The summed E-state index contributed by atoms with van der Waals surface area (Å²) < 4.78 is 13.4. The zero-order valence-electron chi connectivity index (χ0n) is 11.0. The van der Waals surface area contributed by atoms with Crippen LogP contribution in [0.1, 0.15) is 37.7 Å². The maximum absolute atomic E-state index is 13.4. The summed E-state index contributed by atoms with van der Waals surface area (Å²) in [5, 5.41) is 9.10. The maximum atomic E-state index is 13.4. The first kappa shape index (κ1) is 13.3. The van der Waals surface area contributed by atoms with Gasteiger partial charge in [-0.1, -0.05) is 19.3 Å². The minimum absolute atomic E-state index is 0.109. The fourth-order valence-corrected chi connectivity index (χ4v) is 2.81. The lowest BCUT2D eigenvalue weighted by Crippen LogP contribution is -2.26. The predicted octanol–water partition coefficient (Wildman–Crippen LogP) is 3.33. The van der Waals surface area contributed by atoms with Crippen molar-refractivity contribution in [2.75, 3.05) is 18.5 Å². The zero-order chi connectivity index (χ0) is 13.0. The molecular weight excluding hydrogens is 229 g/mol. The third kappa shape index (κ3) is 3.45. The molecule has 18 heavy (non-hydrogen) atoms. The summed E-state index contributed by atoms with van der Waals surface area (Å²) >= 11 is 0. The molecule has 100 valence electrons. The summed E-state index contributed by atoms with van der Waals surface area (Å²) in [6.45, 7) is 0.871. The molecule has 0 amide bonds. The van der Waals surface area contributed by atoms with Gasteiger partial charge in [0.05, 0.1) is 6.61 Å². The molecule has 1 N–H and O–H groups in total. The average molecular weight is 251 g/mol. The SMILES string of the molecule is CN(CC1CCCCC1)c1cc(F)cc(CO)c1. The van der Waals surface area contributed by atoms with Crippen molar-refractivity contribution < 1.29 is 9.50 Å². The van der Waals surface area contributed by atoms with Crippen molar-refractivity contribution in [3.05, 3.63) is 29.6 Å². The highest BCUT2D eigenvalue weighted by Crippen LogP contribution is 2.26. The Labute approximate surface area is 108 Å². The van der Waals surface area contributed by atoms with Crippen molar-refractivity contribution in [2.24, 2.45) is 5.92 Å². The van der Waals surface area contributed by atoms with E-state index in [1.165, 1.54) is 38.2 Å². The Kier molecular flexibility index (Phi) is 4.59. The molecule has 1 saturated carbocycles. The maximum Gasteiger partial charge on any atom is 0.125 e. The lowest BCUT2D eigenvalue weighted by molar-refractivity contribution is 0.281. The Balaban J connectivity index is 2.02. The Hall–Kier alpha value is -1.09. The summed E-state index contributed by atoms with van der Waals surface area (Å²) in [7, 11) is 2.00. The van der Waals surface area contributed by atoms with Crippen LogP contribution in [-0.2, 0) is 6.61 Å². The smallest absolute Gasteiger partial charge is 0.125 e. The van der Waals surface area contributed by atoms with Crippen LogP contribution in [0, 0.1) is 11.7 Å². The summed E-state index contributed by atoms with van der Waals surface area (Å²) in [4.78, 5) is 2.11. The highest BCUT2D eigenvalue weighted by atomic mass is 19.1. The van der Waals surface area contributed by atoms with E-state index in [2.05, 4.69) is 4.90 Å². The van der Waals surface area contributed by atoms with Gasteiger partial charge in [0.2, 0.25) is 0 Å². The monoisotopic (exact) mass is 251 g/mol. The number of hydrogen-bond donors (Lipinski definition) is 1. The lowest BCUT2D eigenvalue weighted by Gasteiger charge is -2.28. The van der Waals surface area contributed by atoms with Crippen LogP contribution >= 0.6 is 0 Å². The number of rotatable bonds is 4. The van der Waals surface area contributed by atoms with Crippen LogP contribution in [0.2, 0.25) is 0 Å². The van der Waals surface area contributed by atoms with Crippen LogP contribution in [0.15, 0.2) is 18.2 Å². The summed E-state index contributed by atoms with van der Waals surface area (Å²) in [6.07, 6.45) is 6.57. The Morgan fingerprint density at radius 1 is 1.22 bits per heavy atom. The van der Waals surface area contributed by atoms with E-state index in [-0.39, 0.29) is 12.4 Å². The van der Waals surface area contributed by atoms with Crippen LogP contribution in [0.5, 0.6) is 0 Å². The molecule has 1 aromatic carbocycles. The first-order valence-corrected chi connectivity index (χ1v) is 6.80. The average Bonchev–Trinajstić information content (AvgIpc) is 2.39. The third-order valence-electron chi connectivity index (χ3n) is 3.82. The van der Waals surface area contributed by atoms with Crippen LogP contribution < -0.4 is 4.90 Å². The summed E-state index contributed by atoms with van der Waals surface area (Å²) in [6, 6.07) is 4.80. The fraction of sp³-hybridized carbons (Fsp3) is 0.600. The van der Waals surface area contributed by atoms with Crippen molar-refractivity contribution in [3.8, 4) is 0 Å². The van der Waals surface area contributed by atoms with Gasteiger partial charge < -0.3 is 10.0 Å². The number of aliphatic hydroxyl groups excluding tert-OH is 1. The lowest BCUT2D eigenvalue weighted by atomic mass is 9.89. The number of halogens is 1. The van der Waals surface area contributed by atoms with E-state index < -0.39 is 0 Å². The Bertz CT molecular complexity index is 388. The van der Waals surface area contributed by atoms with Crippen molar-refractivity contribution in [1.82, 2.24) is 0 Å².